The van der Waals surface area contributed by atoms with Gasteiger partial charge >= 0.3 is 0 Å². The van der Waals surface area contributed by atoms with Gasteiger partial charge in [0, 0.05) is 23.5 Å². The number of hydrogen-bond acceptors (Lipinski definition) is 5. The van der Waals surface area contributed by atoms with Crippen molar-refractivity contribution in [2.45, 2.75) is 50.8 Å². The van der Waals surface area contributed by atoms with Crippen LogP contribution in [0, 0.1) is 6.92 Å². The summed E-state index contributed by atoms with van der Waals surface area (Å²) in [6.45, 7) is 4.69. The summed E-state index contributed by atoms with van der Waals surface area (Å²) in [4.78, 5) is 18.7. The molecule has 0 atom stereocenters. The molecule has 6 nitrogen and oxygen atoms in total. The number of thiophene rings is 1. The monoisotopic (exact) mass is 419 g/mol. The second-order valence-electron chi connectivity index (χ2n) is 6.80. The molecule has 1 aliphatic rings. The Morgan fingerprint density at radius 1 is 1.21 bits per heavy atom. The van der Waals surface area contributed by atoms with Gasteiger partial charge in [-0.05, 0) is 56.0 Å². The number of aliphatic imine (C=N–C) groups is 1. The first-order chi connectivity index (χ1) is 13.4. The van der Waals surface area contributed by atoms with Crippen LogP contribution in [0.5, 0.6) is 0 Å². The van der Waals surface area contributed by atoms with Crippen LogP contribution in [0.2, 0.25) is 0 Å². The predicted octanol–water partition coefficient (Wildman–Crippen LogP) is 4.12. The minimum absolute atomic E-state index is 0.105. The van der Waals surface area contributed by atoms with Crippen molar-refractivity contribution in [3.05, 3.63) is 45.6 Å². The summed E-state index contributed by atoms with van der Waals surface area (Å²) in [6, 6.07) is 8.15. The Morgan fingerprint density at radius 2 is 2.04 bits per heavy atom. The van der Waals surface area contributed by atoms with Crippen LogP contribution < -0.4 is 10.0 Å². The van der Waals surface area contributed by atoms with Crippen molar-refractivity contribution in [3.8, 4) is 0 Å². The number of anilines is 1. The van der Waals surface area contributed by atoms with E-state index in [9.17, 15) is 13.2 Å². The number of aryl methyl sites for hydroxylation is 2. The highest BCUT2D eigenvalue weighted by Gasteiger charge is 2.18. The molecule has 0 bridgehead atoms. The quantitative estimate of drug-likeness (QED) is 0.764. The van der Waals surface area contributed by atoms with Gasteiger partial charge < -0.3 is 5.32 Å². The molecule has 0 spiro atoms. The average Bonchev–Trinajstić information content (AvgIpc) is 2.86. The van der Waals surface area contributed by atoms with Gasteiger partial charge in [-0.25, -0.2) is 8.42 Å². The summed E-state index contributed by atoms with van der Waals surface area (Å²) in [5.74, 6) is 0.275. The van der Waals surface area contributed by atoms with Gasteiger partial charge in [-0.1, -0.05) is 19.4 Å². The molecule has 1 aliphatic heterocycles. The first kappa shape index (κ1) is 20.5. The number of carbonyl (C=O) groups is 1. The van der Waals surface area contributed by atoms with E-state index in [4.69, 9.17) is 0 Å². The van der Waals surface area contributed by atoms with Gasteiger partial charge in [0.15, 0.2) is 0 Å². The fraction of sp³-hybridized carbons (Fsp3) is 0.400. The van der Waals surface area contributed by atoms with Crippen LogP contribution in [0.3, 0.4) is 0 Å². The zero-order valence-corrected chi connectivity index (χ0v) is 17.8. The first-order valence-electron chi connectivity index (χ1n) is 9.46. The lowest BCUT2D eigenvalue weighted by Crippen LogP contribution is -2.30. The third-order valence-corrected chi connectivity index (χ3v) is 7.35. The minimum atomic E-state index is -3.74. The molecule has 28 heavy (non-hydrogen) atoms. The maximum absolute atomic E-state index is 12.7. The maximum atomic E-state index is 12.7. The number of sulfonamides is 1. The molecular formula is C20H25N3O3S2. The third kappa shape index (κ3) is 4.99. The van der Waals surface area contributed by atoms with Crippen LogP contribution in [0.15, 0.2) is 40.2 Å². The number of nitrogens with zero attached hydrogens (tertiary/aromatic N) is 1. The Balaban J connectivity index is 1.75. The van der Waals surface area contributed by atoms with E-state index in [2.05, 4.69) is 22.0 Å². The van der Waals surface area contributed by atoms with Crippen molar-refractivity contribution >= 4 is 38.8 Å². The molecule has 0 fully saturated rings. The van der Waals surface area contributed by atoms with Crippen molar-refractivity contribution in [2.75, 3.05) is 11.9 Å². The van der Waals surface area contributed by atoms with Crippen LogP contribution in [-0.2, 0) is 16.4 Å². The van der Waals surface area contributed by atoms with Gasteiger partial charge in [-0.2, -0.15) is 0 Å². The fourth-order valence-corrected chi connectivity index (χ4v) is 5.23. The molecule has 0 aliphatic carbocycles. The van der Waals surface area contributed by atoms with Crippen LogP contribution >= 0.6 is 11.3 Å². The highest BCUT2D eigenvalue weighted by atomic mass is 32.2. The molecule has 3 rings (SSSR count). The number of hydrogen-bond donors (Lipinski definition) is 2. The molecule has 2 heterocycles. The fourth-order valence-electron chi connectivity index (χ4n) is 3.09. The zero-order chi connectivity index (χ0) is 20.1. The summed E-state index contributed by atoms with van der Waals surface area (Å²) in [5, 5.41) is 2.80. The van der Waals surface area contributed by atoms with Gasteiger partial charge in [0.2, 0.25) is 0 Å². The van der Waals surface area contributed by atoms with Crippen LogP contribution in [0.1, 0.15) is 52.7 Å². The van der Waals surface area contributed by atoms with E-state index in [0.29, 0.717) is 29.4 Å². The first-order valence-corrected chi connectivity index (χ1v) is 11.8. The normalized spacial score (nSPS) is 14.9. The summed E-state index contributed by atoms with van der Waals surface area (Å²) in [5.41, 5.74) is 1.54. The van der Waals surface area contributed by atoms with E-state index in [1.165, 1.54) is 28.3 Å². The van der Waals surface area contributed by atoms with Gasteiger partial charge in [0.1, 0.15) is 5.84 Å². The van der Waals surface area contributed by atoms with Crippen molar-refractivity contribution in [3.63, 3.8) is 0 Å². The molecule has 2 aromatic rings. The molecule has 1 aromatic heterocycles. The third-order valence-electron chi connectivity index (χ3n) is 4.59. The van der Waals surface area contributed by atoms with Crippen LogP contribution in [-0.4, -0.2) is 26.7 Å². The van der Waals surface area contributed by atoms with Crippen molar-refractivity contribution in [1.82, 2.24) is 4.72 Å². The topological polar surface area (TPSA) is 87.6 Å². The summed E-state index contributed by atoms with van der Waals surface area (Å²) < 4.78 is 28.0. The summed E-state index contributed by atoms with van der Waals surface area (Å²) in [6.07, 6.45) is 4.48. The second kappa shape index (κ2) is 8.87. The van der Waals surface area contributed by atoms with Gasteiger partial charge in [0.05, 0.1) is 9.77 Å². The lowest BCUT2D eigenvalue weighted by molar-refractivity contribution is 0.103. The van der Waals surface area contributed by atoms with E-state index < -0.39 is 10.0 Å². The smallest absolute Gasteiger partial charge is 0.265 e. The van der Waals surface area contributed by atoms with E-state index in [1.54, 1.807) is 12.1 Å². The highest BCUT2D eigenvalue weighted by molar-refractivity contribution is 7.90. The van der Waals surface area contributed by atoms with Gasteiger partial charge in [-0.15, -0.1) is 11.3 Å². The van der Waals surface area contributed by atoms with E-state index >= 15 is 0 Å². The minimum Gasteiger partial charge on any atom is -0.321 e. The predicted molar refractivity (Wildman–Crippen MR) is 114 cm³/mol. The number of rotatable bonds is 5. The number of amidine groups is 1. The standard InChI is InChI=1S/C20H25N3O3S2/c1-3-17-14(2)12-18(27-17)20(24)22-15-8-7-9-16(13-15)28(25,26)23-19-10-5-4-6-11-21-19/h7-9,12-13H,3-6,10-11H2,1-2H3,(H,21,23)(H,22,24). The van der Waals surface area contributed by atoms with Crippen LogP contribution in [0.4, 0.5) is 5.69 Å². The van der Waals surface area contributed by atoms with E-state index in [0.717, 1.165) is 31.2 Å². The van der Waals surface area contributed by atoms with Crippen LogP contribution in [0.25, 0.3) is 0 Å². The molecule has 0 unspecified atom stereocenters. The zero-order valence-electron chi connectivity index (χ0n) is 16.1. The van der Waals surface area contributed by atoms with Crippen molar-refractivity contribution in [2.24, 2.45) is 4.99 Å². The largest absolute Gasteiger partial charge is 0.321 e. The molecule has 1 aromatic carbocycles. The molecule has 0 saturated heterocycles. The highest BCUT2D eigenvalue weighted by Crippen LogP contribution is 2.24. The molecular weight excluding hydrogens is 394 g/mol. The Bertz CT molecular complexity index is 994. The van der Waals surface area contributed by atoms with E-state index in [1.807, 2.05) is 13.0 Å². The van der Waals surface area contributed by atoms with Crippen molar-refractivity contribution in [1.29, 1.82) is 0 Å². The summed E-state index contributed by atoms with van der Waals surface area (Å²) >= 11 is 1.46. The molecule has 2 N–H and O–H groups in total. The molecule has 0 radical (unpaired) electrons. The molecule has 0 saturated carbocycles. The Labute approximate surface area is 170 Å². The maximum Gasteiger partial charge on any atom is 0.265 e. The average molecular weight is 420 g/mol. The lowest BCUT2D eigenvalue weighted by atomic mass is 10.2. The number of nitrogens with one attached hydrogen (secondary N) is 2. The summed E-state index contributed by atoms with van der Waals surface area (Å²) in [7, 11) is -3.74. The Morgan fingerprint density at radius 3 is 2.79 bits per heavy atom. The number of amides is 1. The lowest BCUT2D eigenvalue weighted by Gasteiger charge is -2.11. The Hall–Kier alpha value is -2.19. The Kier molecular flexibility index (Phi) is 6.51. The van der Waals surface area contributed by atoms with E-state index in [-0.39, 0.29) is 10.8 Å². The van der Waals surface area contributed by atoms with Gasteiger partial charge in [-0.3, -0.25) is 14.5 Å². The second-order valence-corrected chi connectivity index (χ2v) is 9.62. The number of benzene rings is 1. The number of carbonyl (C=O) groups excluding carboxylic acids is 1. The van der Waals surface area contributed by atoms with Crippen molar-refractivity contribution < 1.29 is 13.2 Å². The molecule has 150 valence electrons. The van der Waals surface area contributed by atoms with Gasteiger partial charge in [0.25, 0.3) is 15.9 Å². The molecule has 1 amide bonds. The molecule has 8 heteroatoms. The SMILES string of the molecule is CCc1sc(C(=O)Nc2cccc(S(=O)(=O)NC3=NCCCCC3)c2)cc1C.